The quantitative estimate of drug-likeness (QED) is 0.136. The van der Waals surface area contributed by atoms with E-state index in [9.17, 15) is 29.1 Å². The SMILES string of the molecule is C/C=C/c1ccc(/C=C/C(=O)N2CCc3c2cc(O)c2ccccc32)c(NC(=O)CCNC(=O)CCCCCN2C(=O)C=CC2=O)c1. The molecule has 0 bridgehead atoms. The van der Waals surface area contributed by atoms with E-state index in [1.54, 1.807) is 17.0 Å². The average molecular weight is 635 g/mol. The van der Waals surface area contributed by atoms with Gasteiger partial charge in [-0.25, -0.2) is 0 Å². The van der Waals surface area contributed by atoms with Gasteiger partial charge in [-0.3, -0.25) is 28.9 Å². The summed E-state index contributed by atoms with van der Waals surface area (Å²) in [5, 5.41) is 18.0. The van der Waals surface area contributed by atoms with Gasteiger partial charge in [0.2, 0.25) is 11.8 Å². The number of hydrogen-bond donors (Lipinski definition) is 3. The van der Waals surface area contributed by atoms with Crippen molar-refractivity contribution in [2.75, 3.05) is 29.9 Å². The summed E-state index contributed by atoms with van der Waals surface area (Å²) in [7, 11) is 0. The number of phenolic OH excluding ortho intramolecular Hbond substituents is 1. The summed E-state index contributed by atoms with van der Waals surface area (Å²) < 4.78 is 0. The molecule has 5 rings (SSSR count). The Morgan fingerprint density at radius 3 is 2.43 bits per heavy atom. The lowest BCUT2D eigenvalue weighted by Crippen LogP contribution is -2.31. The van der Waals surface area contributed by atoms with E-state index in [4.69, 9.17) is 0 Å². The van der Waals surface area contributed by atoms with Crippen LogP contribution in [0.5, 0.6) is 5.75 Å². The molecule has 0 spiro atoms. The highest BCUT2D eigenvalue weighted by Crippen LogP contribution is 2.39. The number of amides is 5. The van der Waals surface area contributed by atoms with E-state index in [0.717, 1.165) is 21.9 Å². The first-order chi connectivity index (χ1) is 22.7. The van der Waals surface area contributed by atoms with Crippen LogP contribution >= 0.6 is 0 Å². The Morgan fingerprint density at radius 1 is 0.894 bits per heavy atom. The van der Waals surface area contributed by atoms with Gasteiger partial charge in [0.1, 0.15) is 5.75 Å². The number of fused-ring (bicyclic) bond motifs is 3. The lowest BCUT2D eigenvalue weighted by Gasteiger charge is -2.17. The summed E-state index contributed by atoms with van der Waals surface area (Å²) in [6.07, 6.45) is 12.4. The van der Waals surface area contributed by atoms with E-state index in [2.05, 4.69) is 10.6 Å². The minimum absolute atomic E-state index is 0.0653. The average Bonchev–Trinajstić information content (AvgIpc) is 3.63. The minimum Gasteiger partial charge on any atom is -0.507 e. The van der Waals surface area contributed by atoms with Crippen molar-refractivity contribution < 1.29 is 29.1 Å². The number of nitrogens with zero attached hydrogens (tertiary/aromatic N) is 2. The van der Waals surface area contributed by atoms with E-state index in [1.165, 1.54) is 23.1 Å². The van der Waals surface area contributed by atoms with Crippen LogP contribution in [0, 0.1) is 0 Å². The maximum absolute atomic E-state index is 13.3. The van der Waals surface area contributed by atoms with Crippen molar-refractivity contribution in [1.29, 1.82) is 0 Å². The van der Waals surface area contributed by atoms with Crippen LogP contribution in [0.3, 0.4) is 0 Å². The number of aromatic hydroxyl groups is 1. The van der Waals surface area contributed by atoms with Crippen LogP contribution in [0.15, 0.2) is 72.8 Å². The second-order valence-corrected chi connectivity index (χ2v) is 11.5. The van der Waals surface area contributed by atoms with Crippen LogP contribution in [0.2, 0.25) is 0 Å². The lowest BCUT2D eigenvalue weighted by molar-refractivity contribution is -0.137. The van der Waals surface area contributed by atoms with Gasteiger partial charge in [-0.05, 0) is 60.4 Å². The highest BCUT2D eigenvalue weighted by Gasteiger charge is 2.26. The first kappa shape index (κ1) is 32.9. The lowest BCUT2D eigenvalue weighted by atomic mass is 10.0. The number of phenols is 1. The summed E-state index contributed by atoms with van der Waals surface area (Å²) in [5.41, 5.74) is 3.80. The highest BCUT2D eigenvalue weighted by atomic mass is 16.3. The zero-order chi connectivity index (χ0) is 33.3. The molecule has 0 fully saturated rings. The van der Waals surface area contributed by atoms with Gasteiger partial charge in [-0.2, -0.15) is 0 Å². The normalized spacial score (nSPS) is 14.1. The van der Waals surface area contributed by atoms with Gasteiger partial charge in [-0.1, -0.05) is 55.0 Å². The Labute approximate surface area is 273 Å². The molecule has 0 saturated carbocycles. The van der Waals surface area contributed by atoms with Crippen molar-refractivity contribution in [3.05, 3.63) is 89.5 Å². The van der Waals surface area contributed by atoms with Crippen molar-refractivity contribution in [2.24, 2.45) is 0 Å². The predicted octanol–water partition coefficient (Wildman–Crippen LogP) is 5.11. The molecule has 3 aromatic rings. The molecule has 0 radical (unpaired) electrons. The number of carbonyl (C=O) groups excluding carboxylic acids is 5. The van der Waals surface area contributed by atoms with Crippen LogP contribution < -0.4 is 15.5 Å². The Kier molecular flexibility index (Phi) is 10.6. The summed E-state index contributed by atoms with van der Waals surface area (Å²) in [5.74, 6) is -1.17. The van der Waals surface area contributed by atoms with Crippen LogP contribution in [-0.2, 0) is 30.4 Å². The summed E-state index contributed by atoms with van der Waals surface area (Å²) >= 11 is 0. The van der Waals surface area contributed by atoms with Crippen LogP contribution in [0.25, 0.3) is 22.9 Å². The molecule has 0 saturated heterocycles. The van der Waals surface area contributed by atoms with E-state index in [0.29, 0.717) is 55.7 Å². The third-order valence-corrected chi connectivity index (χ3v) is 8.23. The third kappa shape index (κ3) is 8.02. The number of imide groups is 1. The first-order valence-corrected chi connectivity index (χ1v) is 15.8. The van der Waals surface area contributed by atoms with Gasteiger partial charge < -0.3 is 20.6 Å². The molecule has 10 heteroatoms. The summed E-state index contributed by atoms with van der Waals surface area (Å²) in [6.45, 7) is 2.90. The van der Waals surface area contributed by atoms with Gasteiger partial charge >= 0.3 is 0 Å². The molecule has 3 N–H and O–H groups in total. The maximum Gasteiger partial charge on any atom is 0.253 e. The number of hydrogen-bond acceptors (Lipinski definition) is 6. The molecule has 3 aromatic carbocycles. The molecule has 2 heterocycles. The van der Waals surface area contributed by atoms with Crippen LogP contribution in [0.1, 0.15) is 55.7 Å². The third-order valence-electron chi connectivity index (χ3n) is 8.23. The first-order valence-electron chi connectivity index (χ1n) is 15.8. The van der Waals surface area contributed by atoms with Crippen molar-refractivity contribution in [1.82, 2.24) is 10.2 Å². The zero-order valence-electron chi connectivity index (χ0n) is 26.3. The Morgan fingerprint density at radius 2 is 1.66 bits per heavy atom. The van der Waals surface area contributed by atoms with E-state index in [1.807, 2.05) is 61.5 Å². The smallest absolute Gasteiger partial charge is 0.253 e. The van der Waals surface area contributed by atoms with E-state index in [-0.39, 0.29) is 54.7 Å². The number of nitrogens with one attached hydrogen (secondary N) is 2. The predicted molar refractivity (Wildman–Crippen MR) is 182 cm³/mol. The van der Waals surface area contributed by atoms with Gasteiger partial charge in [0.05, 0.1) is 5.69 Å². The molecule has 0 atom stereocenters. The number of rotatable bonds is 13. The van der Waals surface area contributed by atoms with Crippen LogP contribution in [0.4, 0.5) is 11.4 Å². The number of anilines is 2. The fourth-order valence-electron chi connectivity index (χ4n) is 5.85. The Bertz CT molecular complexity index is 1790. The number of carbonyl (C=O) groups is 5. The summed E-state index contributed by atoms with van der Waals surface area (Å²) in [6, 6.07) is 14.8. The van der Waals surface area contributed by atoms with E-state index < -0.39 is 0 Å². The topological polar surface area (TPSA) is 136 Å². The molecule has 0 unspecified atom stereocenters. The number of allylic oxidation sites excluding steroid dienone is 1. The maximum atomic E-state index is 13.3. The largest absolute Gasteiger partial charge is 0.507 e. The molecule has 0 aromatic heterocycles. The van der Waals surface area contributed by atoms with Gasteiger partial charge in [-0.15, -0.1) is 0 Å². The molecule has 47 heavy (non-hydrogen) atoms. The molecular formula is C37H38N4O6. The van der Waals surface area contributed by atoms with Crippen molar-refractivity contribution >= 4 is 63.8 Å². The van der Waals surface area contributed by atoms with Crippen molar-refractivity contribution in [2.45, 2.75) is 45.4 Å². The van der Waals surface area contributed by atoms with Crippen molar-refractivity contribution in [3.8, 4) is 5.75 Å². The standard InChI is InChI=1S/C37H38N4O6/c1-2-8-25-12-13-26(14-15-35(45)40-22-19-28-27-9-5-6-10-29(27)32(42)24-31(28)40)30(23-25)39-34(44)18-20-38-33(43)11-4-3-7-21-41-36(46)16-17-37(41)47/h2,5-6,8-10,12-17,23-24,42H,3-4,7,11,18-22H2,1H3,(H,38,43)(H,39,44)/b8-2+,15-14+. The fourth-order valence-corrected chi connectivity index (χ4v) is 5.85. The summed E-state index contributed by atoms with van der Waals surface area (Å²) in [4.78, 5) is 64.5. The molecule has 0 aliphatic carbocycles. The number of unbranched alkanes of at least 4 members (excludes halogenated alkanes) is 2. The second kappa shape index (κ2) is 15.2. The number of benzene rings is 3. The molecule has 5 amide bonds. The fraction of sp³-hybridized carbons (Fsp3) is 0.270. The highest BCUT2D eigenvalue weighted by molar-refractivity contribution is 6.13. The molecule has 10 nitrogen and oxygen atoms in total. The Hall–Kier alpha value is -5.51. The monoisotopic (exact) mass is 634 g/mol. The molecule has 2 aliphatic heterocycles. The van der Waals surface area contributed by atoms with Crippen LogP contribution in [-0.4, -0.2) is 59.2 Å². The molecule has 2 aliphatic rings. The van der Waals surface area contributed by atoms with E-state index >= 15 is 0 Å². The van der Waals surface area contributed by atoms with Crippen molar-refractivity contribution in [3.63, 3.8) is 0 Å². The van der Waals surface area contributed by atoms with Gasteiger partial charge in [0.15, 0.2) is 0 Å². The zero-order valence-corrected chi connectivity index (χ0v) is 26.3. The minimum atomic E-state index is -0.305. The van der Waals surface area contributed by atoms with Gasteiger partial charge in [0, 0.05) is 67.8 Å². The van der Waals surface area contributed by atoms with Gasteiger partial charge in [0.25, 0.3) is 17.7 Å². The molecule has 242 valence electrons. The molecular weight excluding hydrogens is 596 g/mol. The second-order valence-electron chi connectivity index (χ2n) is 11.5. The Balaban J connectivity index is 1.13.